The van der Waals surface area contributed by atoms with E-state index < -0.39 is 23.6 Å². The van der Waals surface area contributed by atoms with Crippen molar-refractivity contribution in [3.8, 4) is 5.75 Å². The average molecular weight is 210 g/mol. The molecule has 0 spiro atoms. The van der Waals surface area contributed by atoms with Crippen LogP contribution < -0.4 is 10.5 Å². The van der Waals surface area contributed by atoms with Gasteiger partial charge in [-0.3, -0.25) is 5.73 Å². The summed E-state index contributed by atoms with van der Waals surface area (Å²) >= 11 is 0. The first-order chi connectivity index (χ1) is 5.61. The van der Waals surface area contributed by atoms with Crippen molar-refractivity contribution in [2.24, 2.45) is 5.73 Å². The van der Waals surface area contributed by atoms with E-state index in [0.717, 1.165) is 12.1 Å². The zero-order valence-corrected chi connectivity index (χ0v) is 7.78. The summed E-state index contributed by atoms with van der Waals surface area (Å²) in [5.41, 5.74) is 5.21. The third-order valence-corrected chi connectivity index (χ3v) is 1.22. The summed E-state index contributed by atoms with van der Waals surface area (Å²) < 4.78 is 30.3. The minimum atomic E-state index is -0.743. The van der Waals surface area contributed by atoms with Gasteiger partial charge in [-0.2, -0.15) is 0 Å². The maximum atomic E-state index is 12.8. The lowest BCUT2D eigenvalue weighted by molar-refractivity contribution is 0.208. The standard InChI is InChI=1S/C8H9F2NO.ClH/c1-5(11)12-8-6(9)3-2-4-7(8)10;/h2-5H,11H2,1H3;1H. The molecule has 1 unspecified atom stereocenters. The predicted octanol–water partition coefficient (Wildman–Crippen LogP) is 2.07. The molecule has 13 heavy (non-hydrogen) atoms. The number of halogens is 3. The van der Waals surface area contributed by atoms with Gasteiger partial charge in [0.2, 0.25) is 0 Å². The fraction of sp³-hybridized carbons (Fsp3) is 0.250. The number of rotatable bonds is 2. The molecule has 0 aliphatic carbocycles. The zero-order valence-electron chi connectivity index (χ0n) is 6.96. The molecule has 0 fully saturated rings. The van der Waals surface area contributed by atoms with Gasteiger partial charge in [0.25, 0.3) is 0 Å². The number of benzene rings is 1. The summed E-state index contributed by atoms with van der Waals surface area (Å²) in [5, 5.41) is 0. The van der Waals surface area contributed by atoms with Crippen molar-refractivity contribution in [3.63, 3.8) is 0 Å². The van der Waals surface area contributed by atoms with Gasteiger partial charge in [-0.25, -0.2) is 8.78 Å². The van der Waals surface area contributed by atoms with Crippen molar-refractivity contribution in [1.82, 2.24) is 0 Å². The Bertz CT molecular complexity index is 261. The molecular formula is C8H10ClF2NO. The molecule has 1 rings (SSSR count). The average Bonchev–Trinajstić information content (AvgIpc) is 1.97. The molecule has 0 heterocycles. The van der Waals surface area contributed by atoms with E-state index in [2.05, 4.69) is 0 Å². The molecule has 1 aromatic rings. The van der Waals surface area contributed by atoms with Gasteiger partial charge in [0.15, 0.2) is 17.4 Å². The van der Waals surface area contributed by atoms with Crippen LogP contribution in [0.3, 0.4) is 0 Å². The number of hydrogen-bond donors (Lipinski definition) is 1. The Morgan fingerprint density at radius 1 is 1.31 bits per heavy atom. The molecule has 1 aromatic carbocycles. The van der Waals surface area contributed by atoms with Gasteiger partial charge in [0.1, 0.15) is 6.23 Å². The summed E-state index contributed by atoms with van der Waals surface area (Å²) in [5.74, 6) is -1.91. The predicted molar refractivity (Wildman–Crippen MR) is 47.9 cm³/mol. The van der Waals surface area contributed by atoms with E-state index in [1.54, 1.807) is 0 Å². The largest absolute Gasteiger partial charge is 0.470 e. The van der Waals surface area contributed by atoms with Gasteiger partial charge >= 0.3 is 0 Å². The van der Waals surface area contributed by atoms with Crippen LogP contribution in [0.5, 0.6) is 5.75 Å². The van der Waals surface area contributed by atoms with Crippen molar-refractivity contribution >= 4 is 12.4 Å². The highest BCUT2D eigenvalue weighted by atomic mass is 35.5. The summed E-state index contributed by atoms with van der Waals surface area (Å²) in [7, 11) is 0. The van der Waals surface area contributed by atoms with Crippen LogP contribution in [-0.4, -0.2) is 6.23 Å². The molecule has 0 saturated heterocycles. The van der Waals surface area contributed by atoms with E-state index in [1.165, 1.54) is 13.0 Å². The van der Waals surface area contributed by atoms with Crippen LogP contribution >= 0.6 is 12.4 Å². The highest BCUT2D eigenvalue weighted by molar-refractivity contribution is 5.85. The molecule has 2 N–H and O–H groups in total. The van der Waals surface area contributed by atoms with E-state index in [-0.39, 0.29) is 12.4 Å². The van der Waals surface area contributed by atoms with Crippen LogP contribution in [0.1, 0.15) is 6.92 Å². The Kier molecular flexibility index (Phi) is 4.66. The Morgan fingerprint density at radius 3 is 2.15 bits per heavy atom. The number of hydrogen-bond acceptors (Lipinski definition) is 2. The van der Waals surface area contributed by atoms with Crippen LogP contribution in [0, 0.1) is 11.6 Å². The van der Waals surface area contributed by atoms with Gasteiger partial charge in [0, 0.05) is 0 Å². The second-order valence-electron chi connectivity index (χ2n) is 2.37. The van der Waals surface area contributed by atoms with Gasteiger partial charge in [-0.15, -0.1) is 12.4 Å². The van der Waals surface area contributed by atoms with Crippen molar-refractivity contribution in [2.45, 2.75) is 13.2 Å². The Hall–Kier alpha value is -0.870. The third kappa shape index (κ3) is 3.16. The Morgan fingerprint density at radius 2 is 1.77 bits per heavy atom. The molecule has 2 nitrogen and oxygen atoms in total. The van der Waals surface area contributed by atoms with Crippen molar-refractivity contribution in [2.75, 3.05) is 0 Å². The highest BCUT2D eigenvalue weighted by Gasteiger charge is 2.10. The van der Waals surface area contributed by atoms with Crippen molar-refractivity contribution < 1.29 is 13.5 Å². The molecule has 0 saturated carbocycles. The van der Waals surface area contributed by atoms with Gasteiger partial charge in [0.05, 0.1) is 0 Å². The van der Waals surface area contributed by atoms with E-state index in [9.17, 15) is 8.78 Å². The maximum Gasteiger partial charge on any atom is 0.192 e. The maximum absolute atomic E-state index is 12.8. The van der Waals surface area contributed by atoms with E-state index in [4.69, 9.17) is 10.5 Å². The molecule has 0 aliphatic heterocycles. The number of ether oxygens (including phenoxy) is 1. The molecule has 0 aliphatic rings. The lowest BCUT2D eigenvalue weighted by Gasteiger charge is -2.10. The van der Waals surface area contributed by atoms with Crippen LogP contribution in [0.2, 0.25) is 0 Å². The molecule has 5 heteroatoms. The quantitative estimate of drug-likeness (QED) is 0.757. The second kappa shape index (κ2) is 4.99. The smallest absolute Gasteiger partial charge is 0.192 e. The first-order valence-electron chi connectivity index (χ1n) is 3.47. The van der Waals surface area contributed by atoms with E-state index in [0.29, 0.717) is 0 Å². The lowest BCUT2D eigenvalue weighted by atomic mass is 10.3. The topological polar surface area (TPSA) is 35.2 Å². The fourth-order valence-electron chi connectivity index (χ4n) is 0.781. The molecular weight excluding hydrogens is 200 g/mol. The highest BCUT2D eigenvalue weighted by Crippen LogP contribution is 2.20. The molecule has 0 bridgehead atoms. The second-order valence-corrected chi connectivity index (χ2v) is 2.37. The SMILES string of the molecule is CC(N)Oc1c(F)cccc1F.Cl. The van der Waals surface area contributed by atoms with E-state index in [1.807, 2.05) is 0 Å². The van der Waals surface area contributed by atoms with Crippen LogP contribution in [-0.2, 0) is 0 Å². The van der Waals surface area contributed by atoms with Gasteiger partial charge in [-0.05, 0) is 19.1 Å². The fourth-order valence-corrected chi connectivity index (χ4v) is 0.781. The summed E-state index contributed by atoms with van der Waals surface area (Å²) in [6.07, 6.45) is -0.726. The number of nitrogens with two attached hydrogens (primary N) is 1. The third-order valence-electron chi connectivity index (χ3n) is 1.22. The summed E-state index contributed by atoms with van der Waals surface area (Å²) in [6.45, 7) is 1.49. The van der Waals surface area contributed by atoms with Crippen LogP contribution in [0.15, 0.2) is 18.2 Å². The normalized spacial score (nSPS) is 11.7. The minimum Gasteiger partial charge on any atom is -0.470 e. The Balaban J connectivity index is 0.00000144. The first-order valence-corrected chi connectivity index (χ1v) is 3.47. The minimum absolute atomic E-state index is 0. The zero-order chi connectivity index (χ0) is 9.14. The van der Waals surface area contributed by atoms with Gasteiger partial charge < -0.3 is 4.74 Å². The number of para-hydroxylation sites is 1. The van der Waals surface area contributed by atoms with Crippen LogP contribution in [0.4, 0.5) is 8.78 Å². The molecule has 0 amide bonds. The van der Waals surface area contributed by atoms with Crippen molar-refractivity contribution in [3.05, 3.63) is 29.8 Å². The van der Waals surface area contributed by atoms with E-state index >= 15 is 0 Å². The van der Waals surface area contributed by atoms with Crippen LogP contribution in [0.25, 0.3) is 0 Å². The van der Waals surface area contributed by atoms with Crippen molar-refractivity contribution in [1.29, 1.82) is 0 Å². The Labute approximate surface area is 81.1 Å². The molecule has 74 valence electrons. The summed E-state index contributed by atoms with van der Waals surface area (Å²) in [6, 6.07) is 3.49. The molecule has 0 radical (unpaired) electrons. The van der Waals surface area contributed by atoms with Gasteiger partial charge in [-0.1, -0.05) is 6.07 Å². The molecule has 1 atom stereocenters. The lowest BCUT2D eigenvalue weighted by Crippen LogP contribution is -2.23. The monoisotopic (exact) mass is 209 g/mol. The first kappa shape index (κ1) is 12.1. The summed E-state index contributed by atoms with van der Waals surface area (Å²) in [4.78, 5) is 0. The molecule has 0 aromatic heterocycles.